The number of aryl methyl sites for hydroxylation is 2. The van der Waals surface area contributed by atoms with E-state index in [2.05, 4.69) is 27.2 Å². The van der Waals surface area contributed by atoms with E-state index in [1.54, 1.807) is 50.9 Å². The van der Waals surface area contributed by atoms with Gasteiger partial charge in [0.05, 0.1) is 25.9 Å². The van der Waals surface area contributed by atoms with Gasteiger partial charge in [0.15, 0.2) is 23.1 Å². The Bertz CT molecular complexity index is 1410. The largest absolute Gasteiger partial charge is 0.493 e. The van der Waals surface area contributed by atoms with Crippen molar-refractivity contribution in [2.45, 2.75) is 51.9 Å². The Morgan fingerprint density at radius 1 is 1.05 bits per heavy atom. The molecule has 0 atom stereocenters. The average molecular weight is 517 g/mol. The first-order valence-corrected chi connectivity index (χ1v) is 13.0. The van der Waals surface area contributed by atoms with E-state index < -0.39 is 0 Å². The third-order valence-corrected chi connectivity index (χ3v) is 6.84. The van der Waals surface area contributed by atoms with Gasteiger partial charge in [-0.3, -0.25) is 9.78 Å². The van der Waals surface area contributed by atoms with Crippen LogP contribution in [0.1, 0.15) is 61.2 Å². The molecule has 0 saturated heterocycles. The summed E-state index contributed by atoms with van der Waals surface area (Å²) >= 11 is 0. The van der Waals surface area contributed by atoms with Gasteiger partial charge >= 0.3 is 0 Å². The molecule has 1 saturated carbocycles. The zero-order valence-corrected chi connectivity index (χ0v) is 22.0. The molecule has 0 unspecified atom stereocenters. The molecule has 1 amide bonds. The SMILES string of the molecule is CCCc1nc(C(=O)Nc2ccc(Oc3ccnc4cc(OC)c(OC)cc34)cn2)c(CCC2CCC2)o1. The van der Waals surface area contributed by atoms with Crippen LogP contribution in [0.5, 0.6) is 23.0 Å². The predicted molar refractivity (Wildman–Crippen MR) is 143 cm³/mol. The average Bonchev–Trinajstić information content (AvgIpc) is 3.31. The van der Waals surface area contributed by atoms with Crippen molar-refractivity contribution in [3.05, 3.63) is 60.1 Å². The summed E-state index contributed by atoms with van der Waals surface area (Å²) in [6.45, 7) is 2.06. The number of methoxy groups -OCH3 is 2. The molecule has 0 aliphatic heterocycles. The highest BCUT2D eigenvalue weighted by molar-refractivity contribution is 6.03. The molecule has 1 aliphatic rings. The maximum atomic E-state index is 13.1. The van der Waals surface area contributed by atoms with Crippen LogP contribution in [0.3, 0.4) is 0 Å². The molecule has 1 aromatic carbocycles. The molecule has 3 heterocycles. The van der Waals surface area contributed by atoms with E-state index in [0.29, 0.717) is 58.1 Å². The second-order valence-electron chi connectivity index (χ2n) is 9.43. The van der Waals surface area contributed by atoms with Crippen LogP contribution in [-0.2, 0) is 12.8 Å². The van der Waals surface area contributed by atoms with E-state index in [0.717, 1.165) is 30.6 Å². The quantitative estimate of drug-likeness (QED) is 0.245. The maximum Gasteiger partial charge on any atom is 0.279 e. The zero-order chi connectivity index (χ0) is 26.5. The first kappa shape index (κ1) is 25.5. The van der Waals surface area contributed by atoms with Crippen LogP contribution in [0.25, 0.3) is 10.9 Å². The van der Waals surface area contributed by atoms with E-state index in [9.17, 15) is 4.79 Å². The number of carbonyl (C=O) groups excluding carboxylic acids is 1. The van der Waals surface area contributed by atoms with E-state index in [1.807, 2.05) is 6.07 Å². The Hall–Kier alpha value is -4.14. The van der Waals surface area contributed by atoms with Gasteiger partial charge in [-0.2, -0.15) is 0 Å². The van der Waals surface area contributed by atoms with Crippen molar-refractivity contribution in [3.8, 4) is 23.0 Å². The maximum absolute atomic E-state index is 13.1. The summed E-state index contributed by atoms with van der Waals surface area (Å²) in [7, 11) is 3.16. The van der Waals surface area contributed by atoms with Gasteiger partial charge in [-0.25, -0.2) is 9.97 Å². The molecule has 0 radical (unpaired) electrons. The molecule has 5 rings (SSSR count). The highest BCUT2D eigenvalue weighted by Crippen LogP contribution is 2.37. The first-order valence-electron chi connectivity index (χ1n) is 13.0. The molecular weight excluding hydrogens is 484 g/mol. The number of anilines is 1. The molecule has 0 bridgehead atoms. The van der Waals surface area contributed by atoms with Crippen molar-refractivity contribution < 1.29 is 23.4 Å². The molecule has 0 spiro atoms. The van der Waals surface area contributed by atoms with Gasteiger partial charge in [-0.15, -0.1) is 0 Å². The Morgan fingerprint density at radius 3 is 2.55 bits per heavy atom. The number of oxazole rings is 1. The topological polar surface area (TPSA) is 109 Å². The lowest BCUT2D eigenvalue weighted by molar-refractivity contribution is 0.102. The Labute approximate surface area is 221 Å². The van der Waals surface area contributed by atoms with Gasteiger partial charge in [0.1, 0.15) is 23.1 Å². The lowest BCUT2D eigenvalue weighted by Gasteiger charge is -2.24. The van der Waals surface area contributed by atoms with Gasteiger partial charge in [0.2, 0.25) is 0 Å². The lowest BCUT2D eigenvalue weighted by Crippen LogP contribution is -2.16. The van der Waals surface area contributed by atoms with Crippen LogP contribution < -0.4 is 19.5 Å². The van der Waals surface area contributed by atoms with Crippen molar-refractivity contribution in [1.82, 2.24) is 15.0 Å². The van der Waals surface area contributed by atoms with Crippen LogP contribution in [-0.4, -0.2) is 35.1 Å². The minimum absolute atomic E-state index is 0.318. The summed E-state index contributed by atoms with van der Waals surface area (Å²) in [5, 5.41) is 3.62. The smallest absolute Gasteiger partial charge is 0.279 e. The van der Waals surface area contributed by atoms with Crippen LogP contribution >= 0.6 is 0 Å². The second-order valence-corrected chi connectivity index (χ2v) is 9.43. The summed E-state index contributed by atoms with van der Waals surface area (Å²) in [6.07, 6.45) is 10.4. The number of fused-ring (bicyclic) bond motifs is 1. The Morgan fingerprint density at radius 2 is 1.87 bits per heavy atom. The van der Waals surface area contributed by atoms with Crippen LogP contribution in [0.4, 0.5) is 5.82 Å². The van der Waals surface area contributed by atoms with Gasteiger partial charge in [0.25, 0.3) is 5.91 Å². The Balaban J connectivity index is 1.29. The minimum atomic E-state index is -0.318. The normalized spacial score (nSPS) is 13.2. The summed E-state index contributed by atoms with van der Waals surface area (Å²) < 4.78 is 22.8. The fourth-order valence-electron chi connectivity index (χ4n) is 4.54. The van der Waals surface area contributed by atoms with E-state index in [-0.39, 0.29) is 5.91 Å². The number of carbonyl (C=O) groups is 1. The van der Waals surface area contributed by atoms with E-state index >= 15 is 0 Å². The van der Waals surface area contributed by atoms with E-state index in [4.69, 9.17) is 18.6 Å². The van der Waals surface area contributed by atoms with Crippen LogP contribution in [0.2, 0.25) is 0 Å². The summed E-state index contributed by atoms with van der Waals surface area (Å²) in [5.41, 5.74) is 1.06. The molecule has 198 valence electrons. The molecule has 3 aromatic heterocycles. The predicted octanol–water partition coefficient (Wildman–Crippen LogP) is 6.36. The number of amides is 1. The number of nitrogens with one attached hydrogen (secondary N) is 1. The minimum Gasteiger partial charge on any atom is -0.493 e. The fraction of sp³-hybridized carbons (Fsp3) is 0.379. The van der Waals surface area contributed by atoms with Crippen molar-refractivity contribution in [3.63, 3.8) is 0 Å². The molecule has 1 aliphatic carbocycles. The number of rotatable bonds is 11. The van der Waals surface area contributed by atoms with E-state index in [1.165, 1.54) is 19.3 Å². The molecule has 9 nitrogen and oxygen atoms in total. The van der Waals surface area contributed by atoms with Crippen molar-refractivity contribution >= 4 is 22.6 Å². The number of pyridine rings is 2. The number of benzene rings is 1. The van der Waals surface area contributed by atoms with Gasteiger partial charge in [-0.05, 0) is 43.0 Å². The molecule has 1 N–H and O–H groups in total. The monoisotopic (exact) mass is 516 g/mol. The molecule has 9 heteroatoms. The van der Waals surface area contributed by atoms with Gasteiger partial charge in [0, 0.05) is 30.5 Å². The zero-order valence-electron chi connectivity index (χ0n) is 22.0. The summed E-state index contributed by atoms with van der Waals surface area (Å²) in [5.74, 6) is 4.35. The molecule has 1 fully saturated rings. The fourth-order valence-corrected chi connectivity index (χ4v) is 4.54. The number of ether oxygens (including phenoxy) is 3. The third kappa shape index (κ3) is 5.56. The van der Waals surface area contributed by atoms with Crippen molar-refractivity contribution in [1.29, 1.82) is 0 Å². The van der Waals surface area contributed by atoms with Gasteiger partial charge < -0.3 is 23.9 Å². The number of hydrogen-bond donors (Lipinski definition) is 1. The second kappa shape index (κ2) is 11.5. The highest BCUT2D eigenvalue weighted by Gasteiger charge is 2.23. The van der Waals surface area contributed by atoms with Gasteiger partial charge in [-0.1, -0.05) is 26.2 Å². The van der Waals surface area contributed by atoms with Crippen molar-refractivity contribution in [2.75, 3.05) is 19.5 Å². The third-order valence-electron chi connectivity index (χ3n) is 6.84. The summed E-state index contributed by atoms with van der Waals surface area (Å²) in [4.78, 5) is 26.3. The first-order chi connectivity index (χ1) is 18.6. The number of aromatic nitrogens is 3. The highest BCUT2D eigenvalue weighted by atomic mass is 16.5. The molecule has 4 aromatic rings. The van der Waals surface area contributed by atoms with Crippen molar-refractivity contribution in [2.24, 2.45) is 5.92 Å². The molecule has 38 heavy (non-hydrogen) atoms. The number of nitrogens with zero attached hydrogens (tertiary/aromatic N) is 3. The van der Waals surface area contributed by atoms with Crippen LogP contribution in [0.15, 0.2) is 47.1 Å². The summed E-state index contributed by atoms with van der Waals surface area (Å²) in [6, 6.07) is 8.84. The standard InChI is InChI=1S/C29H32N4O5/c1-4-6-27-33-28(23(38-27)11-9-18-7-5-8-18)29(34)32-26-12-10-19(17-31-26)37-22-13-14-30-21-16-25(36-3)24(35-2)15-20(21)22/h10,12-18H,4-9,11H2,1-3H3,(H,31,32,34). The number of hydrogen-bond acceptors (Lipinski definition) is 8. The lowest BCUT2D eigenvalue weighted by atomic mass is 9.82. The molecular formula is C29H32N4O5. The van der Waals surface area contributed by atoms with Crippen LogP contribution in [0, 0.1) is 5.92 Å². The Kier molecular flexibility index (Phi) is 7.72.